The number of thiophene rings is 1. The van der Waals surface area contributed by atoms with E-state index in [4.69, 9.17) is 0 Å². The van der Waals surface area contributed by atoms with Crippen molar-refractivity contribution in [3.05, 3.63) is 51.7 Å². The van der Waals surface area contributed by atoms with Gasteiger partial charge in [0.05, 0.1) is 11.7 Å². The standard InChI is InChI=1S/C16H17F3N2O2S/c1-10(22)14-7-6-13(24-14)8-9-20-15(23)21-12-4-2-11(3-5-12)16(17,18)19/h2-7,10,22H,8-9H2,1H3,(H2,20,21,23)/t10-/m1/s1. The fraction of sp³-hybridized carbons (Fsp3) is 0.312. The molecule has 0 fully saturated rings. The molecule has 4 nitrogen and oxygen atoms in total. The Morgan fingerprint density at radius 2 is 1.88 bits per heavy atom. The summed E-state index contributed by atoms with van der Waals surface area (Å²) in [6.07, 6.45) is -4.30. The highest BCUT2D eigenvalue weighted by molar-refractivity contribution is 7.12. The number of rotatable bonds is 5. The third kappa shape index (κ3) is 5.24. The van der Waals surface area contributed by atoms with Gasteiger partial charge in [0, 0.05) is 22.0 Å². The van der Waals surface area contributed by atoms with Crippen LogP contribution in [0.3, 0.4) is 0 Å². The lowest BCUT2D eigenvalue weighted by Gasteiger charge is -2.09. The second-order valence-corrected chi connectivity index (χ2v) is 6.39. The minimum absolute atomic E-state index is 0.285. The first-order valence-electron chi connectivity index (χ1n) is 7.24. The molecule has 0 spiro atoms. The molecule has 0 aliphatic heterocycles. The molecular formula is C16H17F3N2O2S. The number of amides is 2. The van der Waals surface area contributed by atoms with Crippen molar-refractivity contribution in [1.29, 1.82) is 0 Å². The summed E-state index contributed by atoms with van der Waals surface area (Å²) in [7, 11) is 0. The fourth-order valence-corrected chi connectivity index (χ4v) is 2.92. The zero-order chi connectivity index (χ0) is 17.7. The lowest BCUT2D eigenvalue weighted by Crippen LogP contribution is -2.30. The highest BCUT2D eigenvalue weighted by Gasteiger charge is 2.29. The Labute approximate surface area is 141 Å². The number of aliphatic hydroxyl groups excluding tert-OH is 1. The van der Waals surface area contributed by atoms with Gasteiger partial charge in [0.1, 0.15) is 0 Å². The second kappa shape index (κ2) is 7.67. The van der Waals surface area contributed by atoms with Crippen molar-refractivity contribution in [2.75, 3.05) is 11.9 Å². The SMILES string of the molecule is C[C@@H](O)c1ccc(CCNC(=O)Nc2ccc(C(F)(F)F)cc2)s1. The van der Waals surface area contributed by atoms with Gasteiger partial charge in [-0.05, 0) is 49.7 Å². The molecule has 0 saturated carbocycles. The Morgan fingerprint density at radius 3 is 2.42 bits per heavy atom. The molecule has 0 unspecified atom stereocenters. The average Bonchev–Trinajstić information content (AvgIpc) is 2.96. The largest absolute Gasteiger partial charge is 0.416 e. The van der Waals surface area contributed by atoms with E-state index < -0.39 is 23.9 Å². The summed E-state index contributed by atoms with van der Waals surface area (Å²) in [5, 5.41) is 14.6. The van der Waals surface area contributed by atoms with E-state index in [-0.39, 0.29) is 5.69 Å². The number of halogens is 3. The van der Waals surface area contributed by atoms with Crippen LogP contribution in [-0.4, -0.2) is 17.7 Å². The van der Waals surface area contributed by atoms with E-state index in [9.17, 15) is 23.1 Å². The topological polar surface area (TPSA) is 61.4 Å². The van der Waals surface area contributed by atoms with Crippen LogP contribution in [0.15, 0.2) is 36.4 Å². The molecule has 0 aliphatic rings. The summed E-state index contributed by atoms with van der Waals surface area (Å²) in [5.41, 5.74) is -0.479. The molecule has 1 aromatic heterocycles. The Bertz CT molecular complexity index is 681. The van der Waals surface area contributed by atoms with Gasteiger partial charge in [-0.25, -0.2) is 4.79 Å². The van der Waals surface area contributed by atoms with Gasteiger partial charge in [-0.2, -0.15) is 13.2 Å². The van der Waals surface area contributed by atoms with Crippen LogP contribution in [0.2, 0.25) is 0 Å². The van der Waals surface area contributed by atoms with Crippen molar-refractivity contribution >= 4 is 23.1 Å². The Hall–Kier alpha value is -2.06. The Balaban J connectivity index is 1.78. The maximum atomic E-state index is 12.4. The van der Waals surface area contributed by atoms with Crippen molar-refractivity contribution in [2.24, 2.45) is 0 Å². The van der Waals surface area contributed by atoms with E-state index in [2.05, 4.69) is 10.6 Å². The minimum Gasteiger partial charge on any atom is -0.388 e. The predicted molar refractivity (Wildman–Crippen MR) is 87.1 cm³/mol. The summed E-state index contributed by atoms with van der Waals surface area (Å²) in [5.74, 6) is 0. The maximum absolute atomic E-state index is 12.4. The summed E-state index contributed by atoms with van der Waals surface area (Å²) >= 11 is 1.47. The summed E-state index contributed by atoms with van der Waals surface area (Å²) in [6, 6.07) is 7.49. The number of carbonyl (C=O) groups excluding carboxylic acids is 1. The van der Waals surface area contributed by atoms with Crippen LogP contribution in [-0.2, 0) is 12.6 Å². The molecule has 2 rings (SSSR count). The van der Waals surface area contributed by atoms with Crippen LogP contribution >= 0.6 is 11.3 Å². The summed E-state index contributed by atoms with van der Waals surface area (Å²) < 4.78 is 37.3. The number of nitrogens with one attached hydrogen (secondary N) is 2. The van der Waals surface area contributed by atoms with E-state index in [1.54, 1.807) is 6.92 Å². The monoisotopic (exact) mass is 358 g/mol. The first-order valence-corrected chi connectivity index (χ1v) is 8.06. The number of benzene rings is 1. The average molecular weight is 358 g/mol. The van der Waals surface area contributed by atoms with Crippen molar-refractivity contribution < 1.29 is 23.1 Å². The number of carbonyl (C=O) groups is 1. The van der Waals surface area contributed by atoms with Crippen molar-refractivity contribution in [2.45, 2.75) is 25.6 Å². The van der Waals surface area contributed by atoms with E-state index >= 15 is 0 Å². The maximum Gasteiger partial charge on any atom is 0.416 e. The van der Waals surface area contributed by atoms with Gasteiger partial charge in [-0.15, -0.1) is 11.3 Å². The van der Waals surface area contributed by atoms with Crippen LogP contribution in [0, 0.1) is 0 Å². The van der Waals surface area contributed by atoms with Crippen LogP contribution < -0.4 is 10.6 Å². The predicted octanol–water partition coefficient (Wildman–Crippen LogP) is 4.18. The number of hydrogen-bond donors (Lipinski definition) is 3. The first-order chi connectivity index (χ1) is 11.3. The lowest BCUT2D eigenvalue weighted by molar-refractivity contribution is -0.137. The third-order valence-electron chi connectivity index (χ3n) is 3.22. The lowest BCUT2D eigenvalue weighted by atomic mass is 10.2. The number of aliphatic hydroxyl groups is 1. The Kier molecular flexibility index (Phi) is 5.84. The van der Waals surface area contributed by atoms with Crippen LogP contribution in [0.25, 0.3) is 0 Å². The molecule has 3 N–H and O–H groups in total. The van der Waals surface area contributed by atoms with Crippen molar-refractivity contribution in [3.63, 3.8) is 0 Å². The van der Waals surface area contributed by atoms with Crippen LogP contribution in [0.1, 0.15) is 28.3 Å². The van der Waals surface area contributed by atoms with Gasteiger partial charge in [0.15, 0.2) is 0 Å². The third-order valence-corrected chi connectivity index (χ3v) is 4.54. The molecule has 24 heavy (non-hydrogen) atoms. The number of alkyl halides is 3. The highest BCUT2D eigenvalue weighted by atomic mass is 32.1. The number of urea groups is 1. The molecule has 0 bridgehead atoms. The molecule has 0 aliphatic carbocycles. The van der Waals surface area contributed by atoms with Crippen LogP contribution in [0.4, 0.5) is 23.7 Å². The van der Waals surface area contributed by atoms with Gasteiger partial charge in [-0.1, -0.05) is 0 Å². The molecule has 1 heterocycles. The van der Waals surface area contributed by atoms with Crippen molar-refractivity contribution in [1.82, 2.24) is 5.32 Å². The van der Waals surface area contributed by atoms with Gasteiger partial charge >= 0.3 is 12.2 Å². The van der Waals surface area contributed by atoms with Crippen molar-refractivity contribution in [3.8, 4) is 0 Å². The zero-order valence-electron chi connectivity index (χ0n) is 12.9. The first kappa shape index (κ1) is 18.3. The smallest absolute Gasteiger partial charge is 0.388 e. The van der Waals surface area contributed by atoms with Gasteiger partial charge in [-0.3, -0.25) is 0 Å². The normalized spacial score (nSPS) is 12.7. The fourth-order valence-electron chi connectivity index (χ4n) is 1.97. The molecule has 1 atom stereocenters. The molecular weight excluding hydrogens is 341 g/mol. The van der Waals surface area contributed by atoms with E-state index in [0.717, 1.165) is 21.9 Å². The molecule has 0 saturated heterocycles. The van der Waals surface area contributed by atoms with Crippen LogP contribution in [0.5, 0.6) is 0 Å². The molecule has 2 amide bonds. The van der Waals surface area contributed by atoms with E-state index in [1.165, 1.54) is 23.5 Å². The second-order valence-electron chi connectivity index (χ2n) is 5.19. The minimum atomic E-state index is -4.40. The number of anilines is 1. The number of hydrogen-bond acceptors (Lipinski definition) is 3. The highest BCUT2D eigenvalue weighted by Crippen LogP contribution is 2.29. The molecule has 8 heteroatoms. The van der Waals surface area contributed by atoms with Gasteiger partial charge < -0.3 is 15.7 Å². The summed E-state index contributed by atoms with van der Waals surface area (Å²) in [4.78, 5) is 13.6. The summed E-state index contributed by atoms with van der Waals surface area (Å²) in [6.45, 7) is 2.07. The molecule has 130 valence electrons. The van der Waals surface area contributed by atoms with E-state index in [1.807, 2.05) is 12.1 Å². The Morgan fingerprint density at radius 1 is 1.21 bits per heavy atom. The molecule has 0 radical (unpaired) electrons. The van der Waals surface area contributed by atoms with Gasteiger partial charge in [0.2, 0.25) is 0 Å². The quantitative estimate of drug-likeness (QED) is 0.751. The zero-order valence-corrected chi connectivity index (χ0v) is 13.7. The van der Waals surface area contributed by atoms with E-state index in [0.29, 0.717) is 13.0 Å². The molecule has 2 aromatic rings. The molecule has 1 aromatic carbocycles. The van der Waals surface area contributed by atoms with Gasteiger partial charge in [0.25, 0.3) is 0 Å².